The number of esters is 4. The van der Waals surface area contributed by atoms with Crippen LogP contribution in [0.1, 0.15) is 75.2 Å². The zero-order chi connectivity index (χ0) is 37.5. The molecule has 0 aliphatic carbocycles. The van der Waals surface area contributed by atoms with Crippen molar-refractivity contribution in [2.24, 2.45) is 5.92 Å². The van der Waals surface area contributed by atoms with E-state index in [1.54, 1.807) is 27.7 Å². The quantitative estimate of drug-likeness (QED) is 0.0844. The van der Waals surface area contributed by atoms with E-state index in [0.717, 1.165) is 6.92 Å². The minimum absolute atomic E-state index is 0.144. The molecule has 18 heteroatoms. The van der Waals surface area contributed by atoms with E-state index in [2.05, 4.69) is 16.0 Å². The summed E-state index contributed by atoms with van der Waals surface area (Å²) in [5, 5.41) is 8.32. The van der Waals surface area contributed by atoms with Crippen LogP contribution >= 0.6 is 23.5 Å². The van der Waals surface area contributed by atoms with Crippen LogP contribution in [-0.2, 0) is 57.2 Å². The van der Waals surface area contributed by atoms with Crippen LogP contribution in [0.15, 0.2) is 0 Å². The summed E-state index contributed by atoms with van der Waals surface area (Å²) in [6, 6.07) is -2.95. The molecule has 1 fully saturated rings. The highest BCUT2D eigenvalue weighted by Crippen LogP contribution is 2.34. The van der Waals surface area contributed by atoms with Crippen LogP contribution in [0, 0.1) is 5.92 Å². The number of amides is 3. The maximum atomic E-state index is 13.4. The van der Waals surface area contributed by atoms with Gasteiger partial charge in [0.2, 0.25) is 11.8 Å². The highest BCUT2D eigenvalue weighted by atomic mass is 32.2. The van der Waals surface area contributed by atoms with Gasteiger partial charge in [-0.2, -0.15) is 11.8 Å². The number of alkyl carbamates (subject to hydrolysis) is 1. The van der Waals surface area contributed by atoms with Gasteiger partial charge >= 0.3 is 30.0 Å². The average molecular weight is 738 g/mol. The maximum Gasteiger partial charge on any atom is 0.408 e. The summed E-state index contributed by atoms with van der Waals surface area (Å²) in [6.07, 6.45) is -3.50. The Bertz CT molecular complexity index is 1170. The van der Waals surface area contributed by atoms with Gasteiger partial charge in [0.1, 0.15) is 41.9 Å². The molecule has 280 valence electrons. The Labute approximate surface area is 295 Å². The van der Waals surface area contributed by atoms with Crippen molar-refractivity contribution >= 4 is 65.3 Å². The number of thioether (sulfide) groups is 2. The van der Waals surface area contributed by atoms with Gasteiger partial charge in [-0.3, -0.25) is 24.0 Å². The third kappa shape index (κ3) is 16.3. The van der Waals surface area contributed by atoms with Gasteiger partial charge < -0.3 is 44.4 Å². The second kappa shape index (κ2) is 21.1. The molecule has 1 heterocycles. The van der Waals surface area contributed by atoms with E-state index in [9.17, 15) is 33.6 Å². The van der Waals surface area contributed by atoms with E-state index in [0.29, 0.717) is 17.3 Å². The fourth-order valence-electron chi connectivity index (χ4n) is 4.58. The summed E-state index contributed by atoms with van der Waals surface area (Å²) in [7, 11) is 1.23. The van der Waals surface area contributed by atoms with Crippen LogP contribution in [0.4, 0.5) is 4.79 Å². The topological polar surface area (TPSA) is 211 Å². The standard InChI is InChI=1S/C31H51N3O13S2/c1-11-16(2)23(28(40)42-10)34-27(39)21(33-30(41)47-31(7,8)9)12-13-48-15-49-29-24(32-17(3)35)26(45-20(6)38)25(44-19(5)37)22(46-29)14-43-18(4)36/h16,21-26,29H,11-15H2,1-10H3,(H,32,35)(H,33,41)(H,34,39)/t16-,21-,22+,23-,24+,25+,26+,29-/m0/s1. The van der Waals surface area contributed by atoms with Crippen molar-refractivity contribution in [3.8, 4) is 0 Å². The molecule has 0 aromatic heterocycles. The fraction of sp³-hybridized carbons (Fsp3) is 0.774. The predicted octanol–water partition coefficient (Wildman–Crippen LogP) is 2.05. The molecule has 0 bridgehead atoms. The van der Waals surface area contributed by atoms with E-state index in [4.69, 9.17) is 28.4 Å². The summed E-state index contributed by atoms with van der Waals surface area (Å²) in [4.78, 5) is 86.2. The lowest BCUT2D eigenvalue weighted by Crippen LogP contribution is -2.65. The molecule has 1 rings (SSSR count). The lowest BCUT2D eigenvalue weighted by Gasteiger charge is -2.45. The highest BCUT2D eigenvalue weighted by molar-refractivity contribution is 8.16. The summed E-state index contributed by atoms with van der Waals surface area (Å²) in [6.45, 7) is 13.2. The van der Waals surface area contributed by atoms with E-state index >= 15 is 0 Å². The zero-order valence-electron chi connectivity index (χ0n) is 29.8. The van der Waals surface area contributed by atoms with Gasteiger partial charge in [0.25, 0.3) is 0 Å². The van der Waals surface area contributed by atoms with Gasteiger partial charge in [0.05, 0.1) is 7.11 Å². The molecular formula is C31H51N3O13S2. The molecule has 3 amide bonds. The number of methoxy groups -OCH3 is 1. The van der Waals surface area contributed by atoms with Crippen molar-refractivity contribution in [3.63, 3.8) is 0 Å². The van der Waals surface area contributed by atoms with Gasteiger partial charge in [0, 0.05) is 32.8 Å². The van der Waals surface area contributed by atoms with E-state index in [1.165, 1.54) is 51.4 Å². The Morgan fingerprint density at radius 1 is 0.898 bits per heavy atom. The van der Waals surface area contributed by atoms with Crippen LogP contribution in [0.5, 0.6) is 0 Å². The van der Waals surface area contributed by atoms with Crippen molar-refractivity contribution in [1.82, 2.24) is 16.0 Å². The largest absolute Gasteiger partial charge is 0.467 e. The normalized spacial score (nSPS) is 22.3. The first-order valence-electron chi connectivity index (χ1n) is 15.8. The van der Waals surface area contributed by atoms with Crippen molar-refractivity contribution < 1.29 is 62.0 Å². The average Bonchev–Trinajstić information content (AvgIpc) is 2.98. The smallest absolute Gasteiger partial charge is 0.408 e. The Balaban J connectivity index is 3.15. The van der Waals surface area contributed by atoms with Gasteiger partial charge in [-0.25, -0.2) is 9.59 Å². The molecule has 3 N–H and O–H groups in total. The predicted molar refractivity (Wildman–Crippen MR) is 180 cm³/mol. The van der Waals surface area contributed by atoms with Crippen LogP contribution in [0.2, 0.25) is 0 Å². The number of hydrogen-bond donors (Lipinski definition) is 3. The molecule has 0 unspecified atom stereocenters. The number of rotatable bonds is 17. The third-order valence-electron chi connectivity index (χ3n) is 6.91. The first-order valence-corrected chi connectivity index (χ1v) is 18.0. The SMILES string of the molecule is CC[C@H](C)[C@H](NC(=O)[C@H](CCSCS[C@@H]1O[C@H](COC(C)=O)[C@@H](OC(C)=O)[C@H](OC(C)=O)[C@H]1NC(C)=O)NC(=O)OC(C)(C)C)C(=O)OC. The van der Waals surface area contributed by atoms with Crippen molar-refractivity contribution in [2.75, 3.05) is 24.6 Å². The van der Waals surface area contributed by atoms with Crippen molar-refractivity contribution in [2.45, 2.75) is 123 Å². The molecule has 16 nitrogen and oxygen atoms in total. The van der Waals surface area contributed by atoms with Gasteiger partial charge in [-0.1, -0.05) is 20.3 Å². The number of hydrogen-bond acceptors (Lipinski definition) is 15. The lowest BCUT2D eigenvalue weighted by atomic mass is 9.97. The summed E-state index contributed by atoms with van der Waals surface area (Å²) >= 11 is 2.59. The van der Waals surface area contributed by atoms with Crippen LogP contribution in [-0.4, -0.2) is 114 Å². The Morgan fingerprint density at radius 2 is 1.51 bits per heavy atom. The number of carbonyl (C=O) groups excluding carboxylic acids is 7. The second-order valence-electron chi connectivity index (χ2n) is 12.3. The molecule has 0 aromatic rings. The first-order chi connectivity index (χ1) is 22.8. The summed E-state index contributed by atoms with van der Waals surface area (Å²) in [5.74, 6) is -3.59. The maximum absolute atomic E-state index is 13.4. The third-order valence-corrected chi connectivity index (χ3v) is 9.38. The number of carbonyl (C=O) groups is 7. The number of ether oxygens (including phenoxy) is 6. The molecular weight excluding hydrogens is 686 g/mol. The first kappa shape index (κ1) is 43.8. The van der Waals surface area contributed by atoms with E-state index in [1.807, 2.05) is 6.92 Å². The van der Waals surface area contributed by atoms with Crippen molar-refractivity contribution in [1.29, 1.82) is 0 Å². The molecule has 0 spiro atoms. The lowest BCUT2D eigenvalue weighted by molar-refractivity contribution is -0.211. The van der Waals surface area contributed by atoms with Crippen molar-refractivity contribution in [3.05, 3.63) is 0 Å². The molecule has 1 aliphatic rings. The van der Waals surface area contributed by atoms with Gasteiger partial charge in [-0.15, -0.1) is 11.8 Å². The number of nitrogens with one attached hydrogen (secondary N) is 3. The summed E-state index contributed by atoms with van der Waals surface area (Å²) in [5.41, 5.74) is -1.68. The Hall–Kier alpha value is -3.25. The molecule has 0 aromatic carbocycles. The van der Waals surface area contributed by atoms with Crippen LogP contribution < -0.4 is 16.0 Å². The Kier molecular flexibility index (Phi) is 18.8. The monoisotopic (exact) mass is 737 g/mol. The molecule has 0 radical (unpaired) electrons. The molecule has 8 atom stereocenters. The van der Waals surface area contributed by atoms with Crippen LogP contribution in [0.3, 0.4) is 0 Å². The molecule has 1 aliphatic heterocycles. The zero-order valence-corrected chi connectivity index (χ0v) is 31.4. The van der Waals surface area contributed by atoms with E-state index in [-0.39, 0.29) is 18.9 Å². The van der Waals surface area contributed by atoms with E-state index < -0.39 is 89.3 Å². The highest BCUT2D eigenvalue weighted by Gasteiger charge is 2.50. The second-order valence-corrected chi connectivity index (χ2v) is 14.9. The van der Waals surface area contributed by atoms with Gasteiger partial charge in [-0.05, 0) is 38.9 Å². The Morgan fingerprint density at radius 3 is 2.02 bits per heavy atom. The fourth-order valence-corrected chi connectivity index (χ4v) is 7.02. The minimum Gasteiger partial charge on any atom is -0.467 e. The van der Waals surface area contributed by atoms with Crippen LogP contribution in [0.25, 0.3) is 0 Å². The summed E-state index contributed by atoms with van der Waals surface area (Å²) < 4.78 is 32.4. The molecule has 49 heavy (non-hydrogen) atoms. The molecule has 0 saturated carbocycles. The van der Waals surface area contributed by atoms with Gasteiger partial charge in [0.15, 0.2) is 12.2 Å². The minimum atomic E-state index is -1.20. The molecule has 1 saturated heterocycles.